The molecular formula is C22H32N4O3. The van der Waals surface area contributed by atoms with E-state index in [1.165, 1.54) is 6.42 Å². The Morgan fingerprint density at radius 1 is 1.17 bits per heavy atom. The predicted molar refractivity (Wildman–Crippen MR) is 110 cm³/mol. The molecule has 2 saturated heterocycles. The second-order valence-electron chi connectivity index (χ2n) is 9.83. The summed E-state index contributed by atoms with van der Waals surface area (Å²) in [4.78, 5) is 38.6. The minimum atomic E-state index is -0.443. The Morgan fingerprint density at radius 2 is 1.90 bits per heavy atom. The maximum Gasteiger partial charge on any atom is 0.416 e. The summed E-state index contributed by atoms with van der Waals surface area (Å²) in [6, 6.07) is 1.71. The Hall–Kier alpha value is -2.18. The van der Waals surface area contributed by atoms with Crippen molar-refractivity contribution in [3.05, 3.63) is 17.6 Å². The zero-order valence-electron chi connectivity index (χ0n) is 18.0. The average molecular weight is 401 g/mol. The lowest BCUT2D eigenvalue weighted by Crippen LogP contribution is -2.39. The topological polar surface area (TPSA) is 75.6 Å². The molecule has 1 saturated carbocycles. The van der Waals surface area contributed by atoms with Crippen molar-refractivity contribution in [3.63, 3.8) is 0 Å². The fourth-order valence-electron chi connectivity index (χ4n) is 4.83. The lowest BCUT2D eigenvalue weighted by molar-refractivity contribution is -0.140. The second kappa shape index (κ2) is 7.26. The van der Waals surface area contributed by atoms with E-state index in [-0.39, 0.29) is 23.6 Å². The lowest BCUT2D eigenvalue weighted by Gasteiger charge is -2.31. The summed E-state index contributed by atoms with van der Waals surface area (Å²) >= 11 is 0. The van der Waals surface area contributed by atoms with Gasteiger partial charge in [0.25, 0.3) is 0 Å². The Bertz CT molecular complexity index is 811. The number of carbonyl (C=O) groups excluding carboxylic acids is 2. The van der Waals surface area contributed by atoms with E-state index in [2.05, 4.69) is 4.98 Å². The first-order valence-electron chi connectivity index (χ1n) is 10.9. The monoisotopic (exact) mass is 400 g/mol. The molecule has 1 aromatic heterocycles. The molecule has 3 heterocycles. The van der Waals surface area contributed by atoms with Gasteiger partial charge in [0, 0.05) is 23.7 Å². The van der Waals surface area contributed by atoms with Gasteiger partial charge >= 0.3 is 6.09 Å². The Morgan fingerprint density at radius 3 is 2.59 bits per heavy atom. The Kier molecular flexibility index (Phi) is 5.03. The number of hydrogen-bond donors (Lipinski definition) is 0. The minimum Gasteiger partial charge on any atom is -0.441 e. The molecule has 0 unspecified atom stereocenters. The number of ether oxygens (including phenoxy) is 1. The van der Waals surface area contributed by atoms with Crippen LogP contribution >= 0.6 is 0 Å². The largest absolute Gasteiger partial charge is 0.441 e. The van der Waals surface area contributed by atoms with Crippen molar-refractivity contribution in [2.24, 2.45) is 5.41 Å². The summed E-state index contributed by atoms with van der Waals surface area (Å²) in [7, 11) is 0. The van der Waals surface area contributed by atoms with Crippen molar-refractivity contribution in [1.82, 2.24) is 14.9 Å². The first kappa shape index (κ1) is 20.1. The number of amides is 2. The zero-order valence-corrected chi connectivity index (χ0v) is 18.0. The van der Waals surface area contributed by atoms with Crippen LogP contribution in [0.25, 0.3) is 0 Å². The molecule has 7 heteroatoms. The fourth-order valence-corrected chi connectivity index (χ4v) is 4.83. The van der Waals surface area contributed by atoms with Crippen LogP contribution in [0.1, 0.15) is 83.3 Å². The van der Waals surface area contributed by atoms with E-state index in [1.54, 1.807) is 4.90 Å². The number of aromatic nitrogens is 2. The summed E-state index contributed by atoms with van der Waals surface area (Å²) < 4.78 is 5.83. The number of rotatable bonds is 2. The van der Waals surface area contributed by atoms with E-state index in [0.29, 0.717) is 18.2 Å². The maximum absolute atomic E-state index is 12.9. The van der Waals surface area contributed by atoms with Crippen LogP contribution in [-0.2, 0) is 9.53 Å². The average Bonchev–Trinajstić information content (AvgIpc) is 3.25. The Balaban J connectivity index is 1.61. The van der Waals surface area contributed by atoms with E-state index < -0.39 is 5.41 Å². The molecule has 0 N–H and O–H groups in total. The van der Waals surface area contributed by atoms with Gasteiger partial charge in [-0.05, 0) is 45.4 Å². The van der Waals surface area contributed by atoms with E-state index in [4.69, 9.17) is 9.72 Å². The van der Waals surface area contributed by atoms with Crippen molar-refractivity contribution in [2.45, 2.75) is 84.3 Å². The molecule has 0 radical (unpaired) electrons. The number of carbonyl (C=O) groups is 2. The van der Waals surface area contributed by atoms with Crippen molar-refractivity contribution < 1.29 is 14.3 Å². The molecule has 0 bridgehead atoms. The molecule has 3 aliphatic rings. The second-order valence-corrected chi connectivity index (χ2v) is 9.83. The summed E-state index contributed by atoms with van der Waals surface area (Å²) in [6.07, 6.45) is 6.71. The predicted octanol–water partition coefficient (Wildman–Crippen LogP) is 4.15. The van der Waals surface area contributed by atoms with E-state index in [1.807, 2.05) is 38.7 Å². The van der Waals surface area contributed by atoms with Gasteiger partial charge < -0.3 is 9.64 Å². The lowest BCUT2D eigenvalue weighted by atomic mass is 9.85. The highest BCUT2D eigenvalue weighted by molar-refractivity contribution is 5.89. The van der Waals surface area contributed by atoms with Crippen molar-refractivity contribution in [3.8, 4) is 0 Å². The number of likely N-dealkylation sites (tertiary alicyclic amines) is 1. The molecular weight excluding hydrogens is 368 g/mol. The molecule has 0 aromatic carbocycles. The maximum atomic E-state index is 12.9. The van der Waals surface area contributed by atoms with Crippen LogP contribution < -0.4 is 4.90 Å². The SMILES string of the molecule is Cc1cc(N2CC3(CCCCC3)OC2=O)nc([C@H]2CCCN2C(=O)C(C)(C)C)n1. The van der Waals surface area contributed by atoms with Crippen molar-refractivity contribution >= 4 is 17.8 Å². The van der Waals surface area contributed by atoms with Gasteiger partial charge in [-0.3, -0.25) is 9.69 Å². The zero-order chi connectivity index (χ0) is 20.8. The number of nitrogens with zero attached hydrogens (tertiary/aromatic N) is 4. The van der Waals surface area contributed by atoms with E-state index in [9.17, 15) is 9.59 Å². The van der Waals surface area contributed by atoms with Crippen LogP contribution in [0.3, 0.4) is 0 Å². The van der Waals surface area contributed by atoms with Gasteiger partial charge in [0.05, 0.1) is 12.6 Å². The minimum absolute atomic E-state index is 0.119. The third-order valence-electron chi connectivity index (χ3n) is 6.32. The highest BCUT2D eigenvalue weighted by Gasteiger charge is 2.47. The molecule has 3 fully saturated rings. The van der Waals surface area contributed by atoms with E-state index in [0.717, 1.165) is 50.8 Å². The molecule has 1 spiro atoms. The molecule has 29 heavy (non-hydrogen) atoms. The van der Waals surface area contributed by atoms with Gasteiger partial charge in [0.15, 0.2) is 5.82 Å². The fraction of sp³-hybridized carbons (Fsp3) is 0.727. The summed E-state index contributed by atoms with van der Waals surface area (Å²) in [5.74, 6) is 1.34. The number of anilines is 1. The van der Waals surface area contributed by atoms with Gasteiger partial charge in [-0.25, -0.2) is 14.8 Å². The van der Waals surface area contributed by atoms with Gasteiger partial charge in [-0.15, -0.1) is 0 Å². The first-order valence-corrected chi connectivity index (χ1v) is 10.9. The van der Waals surface area contributed by atoms with Gasteiger partial charge in [-0.1, -0.05) is 27.2 Å². The third kappa shape index (κ3) is 3.83. The number of aryl methyl sites for hydroxylation is 1. The summed E-state index contributed by atoms with van der Waals surface area (Å²) in [5.41, 5.74) is -0.00503. The van der Waals surface area contributed by atoms with Crippen LogP contribution in [0.4, 0.5) is 10.6 Å². The molecule has 2 amide bonds. The van der Waals surface area contributed by atoms with Crippen LogP contribution in [0, 0.1) is 12.3 Å². The molecule has 158 valence electrons. The molecule has 4 rings (SSSR count). The van der Waals surface area contributed by atoms with Crippen LogP contribution in [0.15, 0.2) is 6.07 Å². The van der Waals surface area contributed by atoms with Gasteiger partial charge in [0.2, 0.25) is 5.91 Å². The van der Waals surface area contributed by atoms with Crippen LogP contribution in [0.2, 0.25) is 0 Å². The molecule has 1 aromatic rings. The number of hydrogen-bond acceptors (Lipinski definition) is 5. The molecule has 1 atom stereocenters. The third-order valence-corrected chi connectivity index (χ3v) is 6.32. The van der Waals surface area contributed by atoms with Crippen LogP contribution in [0.5, 0.6) is 0 Å². The van der Waals surface area contributed by atoms with Gasteiger partial charge in [0.1, 0.15) is 11.4 Å². The molecule has 7 nitrogen and oxygen atoms in total. The van der Waals surface area contributed by atoms with Crippen molar-refractivity contribution in [1.29, 1.82) is 0 Å². The standard InChI is InChI=1S/C22H32N4O3/c1-15-13-17(26-14-22(29-20(26)28)10-6-5-7-11-22)24-18(23-15)16-9-8-12-25(16)19(27)21(2,3)4/h13,16H,5-12,14H2,1-4H3/t16-/m1/s1. The Labute approximate surface area is 172 Å². The normalized spacial score (nSPS) is 24.3. The molecule has 2 aliphatic heterocycles. The highest BCUT2D eigenvalue weighted by Crippen LogP contribution is 2.39. The highest BCUT2D eigenvalue weighted by atomic mass is 16.6. The van der Waals surface area contributed by atoms with Gasteiger partial charge in [-0.2, -0.15) is 0 Å². The van der Waals surface area contributed by atoms with E-state index >= 15 is 0 Å². The first-order chi connectivity index (χ1) is 13.7. The summed E-state index contributed by atoms with van der Waals surface area (Å²) in [5, 5.41) is 0. The molecule has 1 aliphatic carbocycles. The quantitative estimate of drug-likeness (QED) is 0.745. The summed E-state index contributed by atoms with van der Waals surface area (Å²) in [6.45, 7) is 9.02. The smallest absolute Gasteiger partial charge is 0.416 e. The van der Waals surface area contributed by atoms with Crippen molar-refractivity contribution in [2.75, 3.05) is 18.0 Å². The van der Waals surface area contributed by atoms with Crippen LogP contribution in [-0.4, -0.2) is 45.6 Å².